The first-order valence-electron chi connectivity index (χ1n) is 9.05. The second kappa shape index (κ2) is 6.08. The fourth-order valence-electron chi connectivity index (χ4n) is 4.97. The van der Waals surface area contributed by atoms with Gasteiger partial charge in [0, 0.05) is 18.3 Å². The number of carbonyl (C=O) groups is 1. The highest BCUT2D eigenvalue weighted by Gasteiger charge is 2.46. The highest BCUT2D eigenvalue weighted by Crippen LogP contribution is 2.50. The number of benzene rings is 2. The molecule has 0 radical (unpaired) electrons. The van der Waals surface area contributed by atoms with Crippen LogP contribution in [0.3, 0.4) is 0 Å². The Hall–Kier alpha value is -2.09. The Bertz CT molecular complexity index is 750. The number of aromatic hydroxyl groups is 1. The molecule has 1 saturated carbocycles. The van der Waals surface area contributed by atoms with Crippen LogP contribution in [0.4, 0.5) is 0 Å². The Morgan fingerprint density at radius 1 is 1.08 bits per heavy atom. The second-order valence-electron chi connectivity index (χ2n) is 7.49. The molecule has 2 aliphatic rings. The van der Waals surface area contributed by atoms with Crippen LogP contribution >= 0.6 is 0 Å². The number of carbonyl (C=O) groups excluding carboxylic acids is 1. The molecular formula is C22H24O2. The van der Waals surface area contributed by atoms with Crippen molar-refractivity contribution in [1.82, 2.24) is 0 Å². The molecule has 2 heteroatoms. The molecule has 124 valence electrons. The van der Waals surface area contributed by atoms with Crippen molar-refractivity contribution in [2.45, 2.75) is 50.4 Å². The Kier molecular flexibility index (Phi) is 3.91. The first-order chi connectivity index (χ1) is 11.7. The van der Waals surface area contributed by atoms with Gasteiger partial charge in [-0.15, -0.1) is 0 Å². The minimum Gasteiger partial charge on any atom is -0.508 e. The molecule has 0 bridgehead atoms. The van der Waals surface area contributed by atoms with E-state index in [-0.39, 0.29) is 5.41 Å². The molecule has 0 amide bonds. The summed E-state index contributed by atoms with van der Waals surface area (Å²) < 4.78 is 0. The van der Waals surface area contributed by atoms with E-state index in [1.807, 2.05) is 12.1 Å². The number of phenols is 1. The predicted octanol–water partition coefficient (Wildman–Crippen LogP) is 4.58. The zero-order valence-corrected chi connectivity index (χ0v) is 14.0. The second-order valence-corrected chi connectivity index (χ2v) is 7.49. The summed E-state index contributed by atoms with van der Waals surface area (Å²) >= 11 is 0. The summed E-state index contributed by atoms with van der Waals surface area (Å²) in [5.74, 6) is 1.20. The van der Waals surface area contributed by atoms with Crippen LogP contribution in [0.2, 0.25) is 0 Å². The fourth-order valence-corrected chi connectivity index (χ4v) is 4.97. The van der Waals surface area contributed by atoms with Crippen LogP contribution in [-0.4, -0.2) is 10.9 Å². The number of aryl methyl sites for hydroxylation is 1. The Balaban J connectivity index is 1.84. The largest absolute Gasteiger partial charge is 0.508 e. The van der Waals surface area contributed by atoms with Gasteiger partial charge >= 0.3 is 0 Å². The van der Waals surface area contributed by atoms with E-state index < -0.39 is 0 Å². The van der Waals surface area contributed by atoms with Gasteiger partial charge in [-0.1, -0.05) is 36.4 Å². The maximum Gasteiger partial charge on any atom is 0.133 e. The summed E-state index contributed by atoms with van der Waals surface area (Å²) in [5, 5.41) is 9.94. The number of ketones is 1. The average Bonchev–Trinajstić information content (AvgIpc) is 2.72. The maximum absolute atomic E-state index is 12.2. The molecule has 1 fully saturated rings. The third kappa shape index (κ3) is 2.64. The number of phenolic OH excluding ortho intramolecular Hbond substituents is 1. The smallest absolute Gasteiger partial charge is 0.133 e. The molecular weight excluding hydrogens is 296 g/mol. The minimum absolute atomic E-state index is 0.0365. The predicted molar refractivity (Wildman–Crippen MR) is 95.2 cm³/mol. The standard InChI is InChI=1S/C22H24O2/c23-19-9-10-21-17(13-19)7-4-8-18-14-20(24)11-12-22(18,21)15-16-5-2-1-3-6-16/h1-3,5-6,9-10,13,18,23H,4,7-8,11-12,14-15H2/t18-,22-/m0/s1. The van der Waals surface area contributed by atoms with E-state index >= 15 is 0 Å². The van der Waals surface area contributed by atoms with Crippen molar-refractivity contribution in [3.05, 3.63) is 65.2 Å². The van der Waals surface area contributed by atoms with Crippen molar-refractivity contribution in [3.8, 4) is 5.75 Å². The Labute approximate surface area is 143 Å². The van der Waals surface area contributed by atoms with Gasteiger partial charge < -0.3 is 5.11 Å². The molecule has 2 nitrogen and oxygen atoms in total. The first kappa shape index (κ1) is 15.4. The zero-order chi connectivity index (χ0) is 16.6. The number of Topliss-reactive ketones (excluding diaryl/α,β-unsaturated/α-hetero) is 1. The molecule has 24 heavy (non-hydrogen) atoms. The topological polar surface area (TPSA) is 37.3 Å². The summed E-state index contributed by atoms with van der Waals surface area (Å²) in [6.45, 7) is 0. The van der Waals surface area contributed by atoms with Crippen LogP contribution in [0.5, 0.6) is 5.75 Å². The monoisotopic (exact) mass is 320 g/mol. The van der Waals surface area contributed by atoms with Crippen molar-refractivity contribution in [3.63, 3.8) is 0 Å². The maximum atomic E-state index is 12.2. The van der Waals surface area contributed by atoms with E-state index in [4.69, 9.17) is 0 Å². The fraction of sp³-hybridized carbons (Fsp3) is 0.409. The van der Waals surface area contributed by atoms with E-state index in [0.29, 0.717) is 30.3 Å². The van der Waals surface area contributed by atoms with E-state index in [1.165, 1.54) is 16.7 Å². The molecule has 2 aliphatic carbocycles. The van der Waals surface area contributed by atoms with Crippen LogP contribution in [0.1, 0.15) is 48.8 Å². The number of rotatable bonds is 2. The lowest BCUT2D eigenvalue weighted by molar-refractivity contribution is -0.123. The van der Waals surface area contributed by atoms with E-state index in [2.05, 4.69) is 36.4 Å². The van der Waals surface area contributed by atoms with E-state index in [0.717, 1.165) is 32.1 Å². The SMILES string of the molecule is O=C1CC[C@@]2(Cc3ccccc3)c3ccc(O)cc3CCC[C@H]2C1. The van der Waals surface area contributed by atoms with Gasteiger partial charge in [0.1, 0.15) is 11.5 Å². The molecule has 2 atom stereocenters. The lowest BCUT2D eigenvalue weighted by Crippen LogP contribution is -2.42. The van der Waals surface area contributed by atoms with Crippen molar-refractivity contribution in [2.75, 3.05) is 0 Å². The van der Waals surface area contributed by atoms with Crippen molar-refractivity contribution >= 4 is 5.78 Å². The molecule has 0 aromatic heterocycles. The third-order valence-corrected chi connectivity index (χ3v) is 6.09. The summed E-state index contributed by atoms with van der Waals surface area (Å²) in [7, 11) is 0. The van der Waals surface area contributed by atoms with Gasteiger partial charge in [0.25, 0.3) is 0 Å². The molecule has 0 saturated heterocycles. The highest BCUT2D eigenvalue weighted by atomic mass is 16.3. The molecule has 0 heterocycles. The molecule has 4 rings (SSSR count). The van der Waals surface area contributed by atoms with Crippen LogP contribution in [0.15, 0.2) is 48.5 Å². The highest BCUT2D eigenvalue weighted by molar-refractivity contribution is 5.80. The molecule has 0 aliphatic heterocycles. The van der Waals surface area contributed by atoms with Gasteiger partial charge in [-0.2, -0.15) is 0 Å². The Morgan fingerprint density at radius 2 is 1.92 bits per heavy atom. The van der Waals surface area contributed by atoms with Crippen LogP contribution in [0, 0.1) is 5.92 Å². The summed E-state index contributed by atoms with van der Waals surface area (Å²) in [6.07, 6.45) is 6.54. The van der Waals surface area contributed by atoms with Gasteiger partial charge in [-0.3, -0.25) is 4.79 Å². The minimum atomic E-state index is 0.0365. The molecule has 2 aromatic carbocycles. The van der Waals surface area contributed by atoms with E-state index in [1.54, 1.807) is 0 Å². The van der Waals surface area contributed by atoms with Gasteiger partial charge in [0.15, 0.2) is 0 Å². The number of fused-ring (bicyclic) bond motifs is 3. The van der Waals surface area contributed by atoms with E-state index in [9.17, 15) is 9.90 Å². The third-order valence-electron chi connectivity index (χ3n) is 6.09. The summed E-state index contributed by atoms with van der Waals surface area (Å²) in [6, 6.07) is 16.6. The van der Waals surface area contributed by atoms with Gasteiger partial charge in [0.2, 0.25) is 0 Å². The normalized spacial score (nSPS) is 26.3. The van der Waals surface area contributed by atoms with Crippen molar-refractivity contribution in [2.24, 2.45) is 5.92 Å². The van der Waals surface area contributed by atoms with Gasteiger partial charge in [0.05, 0.1) is 0 Å². The summed E-state index contributed by atoms with van der Waals surface area (Å²) in [4.78, 5) is 12.2. The van der Waals surface area contributed by atoms with Crippen LogP contribution in [-0.2, 0) is 23.1 Å². The summed E-state index contributed by atoms with van der Waals surface area (Å²) in [5.41, 5.74) is 4.04. The van der Waals surface area contributed by atoms with Crippen LogP contribution in [0.25, 0.3) is 0 Å². The van der Waals surface area contributed by atoms with Crippen molar-refractivity contribution in [1.29, 1.82) is 0 Å². The van der Waals surface area contributed by atoms with Crippen molar-refractivity contribution < 1.29 is 9.90 Å². The molecule has 2 aromatic rings. The zero-order valence-electron chi connectivity index (χ0n) is 14.0. The van der Waals surface area contributed by atoms with Gasteiger partial charge in [-0.25, -0.2) is 0 Å². The quantitative estimate of drug-likeness (QED) is 0.879. The lowest BCUT2D eigenvalue weighted by atomic mass is 9.59. The average molecular weight is 320 g/mol. The molecule has 1 N–H and O–H groups in total. The van der Waals surface area contributed by atoms with Gasteiger partial charge in [-0.05, 0) is 66.8 Å². The Morgan fingerprint density at radius 3 is 2.75 bits per heavy atom. The lowest BCUT2D eigenvalue weighted by Gasteiger charge is -2.44. The molecule has 0 unspecified atom stereocenters. The number of hydrogen-bond donors (Lipinski definition) is 1. The first-order valence-corrected chi connectivity index (χ1v) is 9.05. The molecule has 0 spiro atoms. The van der Waals surface area contributed by atoms with Crippen LogP contribution < -0.4 is 0 Å². The number of hydrogen-bond acceptors (Lipinski definition) is 2.